The first-order chi connectivity index (χ1) is 12.6. The average Bonchev–Trinajstić information content (AvgIpc) is 2.85. The molecule has 10 heteroatoms. The zero-order chi connectivity index (χ0) is 19.9. The monoisotopic (exact) mass is 397 g/mol. The number of nitrogens with one attached hydrogen (secondary N) is 2. The van der Waals surface area contributed by atoms with Crippen molar-refractivity contribution < 1.29 is 27.4 Å². The van der Waals surface area contributed by atoms with Gasteiger partial charge in [0.05, 0.1) is 12.1 Å². The first-order valence-electron chi connectivity index (χ1n) is 8.20. The summed E-state index contributed by atoms with van der Waals surface area (Å²) in [4.78, 5) is 12.5. The second-order valence-corrected chi connectivity index (χ2v) is 8.16. The summed E-state index contributed by atoms with van der Waals surface area (Å²) in [5.74, 6) is -1.09. The Bertz CT molecular complexity index is 1000. The van der Waals surface area contributed by atoms with Crippen molar-refractivity contribution in [1.29, 1.82) is 0 Å². The third-order valence-electron chi connectivity index (χ3n) is 4.32. The summed E-state index contributed by atoms with van der Waals surface area (Å²) in [6.45, 7) is 2.87. The van der Waals surface area contributed by atoms with Crippen molar-refractivity contribution in [2.24, 2.45) is 7.05 Å². The lowest BCUT2D eigenvalue weighted by Crippen LogP contribution is -2.44. The molecule has 8 nitrogen and oxygen atoms in total. The van der Waals surface area contributed by atoms with Crippen molar-refractivity contribution in [2.75, 3.05) is 11.9 Å². The number of benzene rings is 1. The van der Waals surface area contributed by atoms with Crippen molar-refractivity contribution in [2.45, 2.75) is 30.9 Å². The minimum atomic E-state index is -3.98. The van der Waals surface area contributed by atoms with E-state index in [2.05, 4.69) is 10.0 Å². The van der Waals surface area contributed by atoms with Gasteiger partial charge >= 0.3 is 0 Å². The number of aryl methyl sites for hydroxylation is 2. The van der Waals surface area contributed by atoms with Gasteiger partial charge in [-0.15, -0.1) is 0 Å². The van der Waals surface area contributed by atoms with Crippen molar-refractivity contribution >= 4 is 21.6 Å². The Morgan fingerprint density at radius 3 is 2.81 bits per heavy atom. The number of sulfonamides is 1. The Morgan fingerprint density at radius 2 is 2.19 bits per heavy atom. The molecule has 146 valence electrons. The standard InChI is InChI=1S/C17H20FN3O5S/c1-9-6-11(4-5-12(9)18)19-17(23)15-16-14(7-21(15)3)27(24,25)20-13(8-26-16)10(2)22/h4-7,10,13,20,22H,8H2,1-3H3,(H,19,23)/t10-,13+/m0/s1. The fourth-order valence-corrected chi connectivity index (χ4v) is 4.28. The number of anilines is 1. The van der Waals surface area contributed by atoms with Gasteiger partial charge < -0.3 is 19.7 Å². The molecule has 3 rings (SSSR count). The van der Waals surface area contributed by atoms with E-state index in [0.717, 1.165) is 0 Å². The summed E-state index contributed by atoms with van der Waals surface area (Å²) in [6, 6.07) is 3.26. The lowest BCUT2D eigenvalue weighted by molar-refractivity contribution is 0.100. The quantitative estimate of drug-likeness (QED) is 0.720. The number of amides is 1. The van der Waals surface area contributed by atoms with E-state index in [9.17, 15) is 22.7 Å². The van der Waals surface area contributed by atoms with E-state index in [1.807, 2.05) is 0 Å². The summed E-state index contributed by atoms with van der Waals surface area (Å²) < 4.78 is 47.8. The summed E-state index contributed by atoms with van der Waals surface area (Å²) in [5, 5.41) is 12.3. The average molecular weight is 397 g/mol. The molecule has 2 aromatic rings. The number of hydrogen-bond donors (Lipinski definition) is 3. The molecule has 1 aromatic carbocycles. The predicted molar refractivity (Wildman–Crippen MR) is 95.8 cm³/mol. The van der Waals surface area contributed by atoms with Crippen LogP contribution in [0.25, 0.3) is 0 Å². The van der Waals surface area contributed by atoms with Crippen LogP contribution in [0.3, 0.4) is 0 Å². The summed E-state index contributed by atoms with van der Waals surface area (Å²) in [5.41, 5.74) is 0.732. The number of rotatable bonds is 3. The number of fused-ring (bicyclic) bond motifs is 1. The van der Waals surface area contributed by atoms with Gasteiger partial charge in [0.15, 0.2) is 11.4 Å². The number of aromatic nitrogens is 1. The van der Waals surface area contributed by atoms with E-state index in [0.29, 0.717) is 11.3 Å². The van der Waals surface area contributed by atoms with Crippen LogP contribution in [-0.2, 0) is 17.1 Å². The number of carbonyl (C=O) groups is 1. The highest BCUT2D eigenvalue weighted by atomic mass is 32.2. The minimum absolute atomic E-state index is 0.00333. The highest BCUT2D eigenvalue weighted by molar-refractivity contribution is 7.89. The molecule has 0 fully saturated rings. The van der Waals surface area contributed by atoms with Gasteiger partial charge in [0, 0.05) is 18.9 Å². The van der Waals surface area contributed by atoms with Crippen LogP contribution in [0.2, 0.25) is 0 Å². The van der Waals surface area contributed by atoms with Crippen LogP contribution >= 0.6 is 0 Å². The van der Waals surface area contributed by atoms with Crippen molar-refractivity contribution in [1.82, 2.24) is 9.29 Å². The maximum Gasteiger partial charge on any atom is 0.276 e. The van der Waals surface area contributed by atoms with E-state index >= 15 is 0 Å². The molecule has 0 radical (unpaired) electrons. The largest absolute Gasteiger partial charge is 0.488 e. The summed E-state index contributed by atoms with van der Waals surface area (Å²) >= 11 is 0. The van der Waals surface area contributed by atoms with Crippen LogP contribution in [0.4, 0.5) is 10.1 Å². The Balaban J connectivity index is 1.97. The fraction of sp³-hybridized carbons (Fsp3) is 0.353. The summed E-state index contributed by atoms with van der Waals surface area (Å²) in [7, 11) is -2.46. The van der Waals surface area contributed by atoms with Crippen molar-refractivity contribution in [3.63, 3.8) is 0 Å². The lowest BCUT2D eigenvalue weighted by atomic mass is 10.2. The molecule has 0 spiro atoms. The molecule has 3 N–H and O–H groups in total. The van der Waals surface area contributed by atoms with E-state index in [1.165, 1.54) is 42.9 Å². The molecule has 2 atom stereocenters. The normalized spacial score (nSPS) is 19.5. The van der Waals surface area contributed by atoms with Gasteiger partial charge in [0.1, 0.15) is 17.3 Å². The second-order valence-electron chi connectivity index (χ2n) is 6.48. The molecular formula is C17H20FN3O5S. The fourth-order valence-electron chi connectivity index (χ4n) is 2.79. The molecule has 1 aliphatic heterocycles. The minimum Gasteiger partial charge on any atom is -0.488 e. The summed E-state index contributed by atoms with van der Waals surface area (Å²) in [6.07, 6.45) is 0.296. The van der Waals surface area contributed by atoms with Crippen molar-refractivity contribution in [3.05, 3.63) is 41.5 Å². The Labute approximate surface area is 156 Å². The molecule has 1 amide bonds. The van der Waals surface area contributed by atoms with Crippen LogP contribution in [-0.4, -0.2) is 42.8 Å². The van der Waals surface area contributed by atoms with Crippen LogP contribution in [0.15, 0.2) is 29.3 Å². The van der Waals surface area contributed by atoms with Crippen LogP contribution in [0.1, 0.15) is 23.0 Å². The lowest BCUT2D eigenvalue weighted by Gasteiger charge is -2.18. The van der Waals surface area contributed by atoms with Crippen LogP contribution in [0, 0.1) is 12.7 Å². The van der Waals surface area contributed by atoms with Gasteiger partial charge in [0.2, 0.25) is 10.0 Å². The van der Waals surface area contributed by atoms with Gasteiger partial charge in [-0.3, -0.25) is 4.79 Å². The zero-order valence-electron chi connectivity index (χ0n) is 15.0. The third-order valence-corrected chi connectivity index (χ3v) is 5.80. The number of hydrogen-bond acceptors (Lipinski definition) is 5. The zero-order valence-corrected chi connectivity index (χ0v) is 15.8. The number of carbonyl (C=O) groups excluding carboxylic acids is 1. The first kappa shape index (κ1) is 19.3. The van der Waals surface area contributed by atoms with Crippen molar-refractivity contribution in [3.8, 4) is 5.75 Å². The maximum absolute atomic E-state index is 13.4. The molecule has 0 unspecified atom stereocenters. The predicted octanol–water partition coefficient (Wildman–Crippen LogP) is 1.15. The van der Waals surface area contributed by atoms with E-state index in [4.69, 9.17) is 4.74 Å². The van der Waals surface area contributed by atoms with Crippen LogP contribution in [0.5, 0.6) is 5.75 Å². The molecule has 2 heterocycles. The molecule has 0 bridgehead atoms. The molecule has 0 saturated carbocycles. The molecule has 27 heavy (non-hydrogen) atoms. The number of ether oxygens (including phenoxy) is 1. The number of halogens is 1. The molecule has 1 aromatic heterocycles. The molecule has 0 aliphatic carbocycles. The highest BCUT2D eigenvalue weighted by Crippen LogP contribution is 2.33. The highest BCUT2D eigenvalue weighted by Gasteiger charge is 2.35. The number of nitrogens with zero attached hydrogens (tertiary/aromatic N) is 1. The molecule has 1 aliphatic rings. The van der Waals surface area contributed by atoms with Gasteiger partial charge in [-0.25, -0.2) is 17.5 Å². The first-order valence-corrected chi connectivity index (χ1v) is 9.68. The SMILES string of the molecule is Cc1cc(NC(=O)c2c3c(cn2C)S(=O)(=O)N[C@@H]([C@H](C)O)CO3)ccc1F. The number of aliphatic hydroxyl groups excluding tert-OH is 1. The Kier molecular flexibility index (Phi) is 4.98. The van der Waals surface area contributed by atoms with Crippen LogP contribution < -0.4 is 14.8 Å². The van der Waals surface area contributed by atoms with Gasteiger partial charge in [-0.1, -0.05) is 0 Å². The van der Waals surface area contributed by atoms with Gasteiger partial charge in [-0.05, 0) is 37.6 Å². The smallest absolute Gasteiger partial charge is 0.276 e. The van der Waals surface area contributed by atoms with Gasteiger partial charge in [0.25, 0.3) is 5.91 Å². The van der Waals surface area contributed by atoms with Gasteiger partial charge in [-0.2, -0.15) is 0 Å². The third kappa shape index (κ3) is 3.68. The Hall–Kier alpha value is -2.43. The number of aliphatic hydroxyl groups is 1. The van der Waals surface area contributed by atoms with E-state index in [-0.39, 0.29) is 22.9 Å². The maximum atomic E-state index is 13.4. The Morgan fingerprint density at radius 1 is 1.48 bits per heavy atom. The second kappa shape index (κ2) is 6.95. The topological polar surface area (TPSA) is 110 Å². The molecule has 0 saturated heterocycles. The van der Waals surface area contributed by atoms with E-state index in [1.54, 1.807) is 6.92 Å². The molecular weight excluding hydrogens is 377 g/mol. The van der Waals surface area contributed by atoms with E-state index < -0.39 is 33.9 Å².